The molecule has 0 unspecified atom stereocenters. The molecule has 0 spiro atoms. The number of nitrogens with zero attached hydrogens (tertiary/aromatic N) is 1. The van der Waals surface area contributed by atoms with Crippen molar-refractivity contribution in [3.63, 3.8) is 0 Å². The van der Waals surface area contributed by atoms with Crippen molar-refractivity contribution in [1.29, 1.82) is 0 Å². The second-order valence-electron chi connectivity index (χ2n) is 4.21. The van der Waals surface area contributed by atoms with E-state index in [1.54, 1.807) is 12.3 Å². The molecule has 2 rings (SSSR count). The van der Waals surface area contributed by atoms with Gasteiger partial charge in [0.1, 0.15) is 6.54 Å². The number of furan rings is 1. The van der Waals surface area contributed by atoms with E-state index in [1.807, 2.05) is 12.1 Å². The van der Waals surface area contributed by atoms with Crippen molar-refractivity contribution in [3.8, 4) is 0 Å². The summed E-state index contributed by atoms with van der Waals surface area (Å²) >= 11 is 5.98. The average molecular weight is 297 g/mol. The Morgan fingerprint density at radius 1 is 1.40 bits per heavy atom. The standard InChI is InChI=1S/C13H14ClN3O3/c14-12-8-10(17(18)19)3-4-13(12)16-6-5-15-9-11-2-1-7-20-11/h1-4,7-8,15-16H,5-6,9H2/p+1. The largest absolute Gasteiger partial charge is 0.463 e. The molecule has 0 fully saturated rings. The fourth-order valence-corrected chi connectivity index (χ4v) is 1.98. The number of rotatable bonds is 7. The van der Waals surface area contributed by atoms with E-state index in [-0.39, 0.29) is 5.69 Å². The Hall–Kier alpha value is -2.05. The molecule has 0 bridgehead atoms. The third-order valence-corrected chi connectivity index (χ3v) is 3.07. The van der Waals surface area contributed by atoms with Gasteiger partial charge in [-0.05, 0) is 18.2 Å². The number of non-ortho nitro benzene ring substituents is 1. The highest BCUT2D eigenvalue weighted by atomic mass is 35.5. The molecule has 20 heavy (non-hydrogen) atoms. The van der Waals surface area contributed by atoms with Crippen molar-refractivity contribution in [1.82, 2.24) is 0 Å². The molecule has 1 aromatic heterocycles. The fraction of sp³-hybridized carbons (Fsp3) is 0.231. The molecule has 1 aromatic carbocycles. The van der Waals surface area contributed by atoms with Gasteiger partial charge in [-0.1, -0.05) is 11.6 Å². The lowest BCUT2D eigenvalue weighted by molar-refractivity contribution is -0.669. The lowest BCUT2D eigenvalue weighted by atomic mass is 10.3. The van der Waals surface area contributed by atoms with Gasteiger partial charge in [-0.15, -0.1) is 0 Å². The van der Waals surface area contributed by atoms with Crippen LogP contribution >= 0.6 is 11.6 Å². The lowest BCUT2D eigenvalue weighted by Crippen LogP contribution is -2.83. The molecule has 3 N–H and O–H groups in total. The molecule has 7 heteroatoms. The molecule has 0 amide bonds. The van der Waals surface area contributed by atoms with Crippen LogP contribution in [0.25, 0.3) is 0 Å². The Morgan fingerprint density at radius 3 is 2.90 bits per heavy atom. The van der Waals surface area contributed by atoms with Gasteiger partial charge in [0, 0.05) is 12.1 Å². The van der Waals surface area contributed by atoms with E-state index >= 15 is 0 Å². The zero-order valence-corrected chi connectivity index (χ0v) is 11.5. The van der Waals surface area contributed by atoms with Crippen LogP contribution < -0.4 is 10.6 Å². The average Bonchev–Trinajstić information content (AvgIpc) is 2.93. The molecule has 0 aliphatic carbocycles. The van der Waals surface area contributed by atoms with Gasteiger partial charge < -0.3 is 15.1 Å². The van der Waals surface area contributed by atoms with E-state index in [4.69, 9.17) is 16.0 Å². The quantitative estimate of drug-likeness (QED) is 0.465. The van der Waals surface area contributed by atoms with E-state index in [0.29, 0.717) is 17.3 Å². The first-order valence-electron chi connectivity index (χ1n) is 6.18. The fourth-order valence-electron chi connectivity index (χ4n) is 1.74. The van der Waals surface area contributed by atoms with Gasteiger partial charge in [0.25, 0.3) is 5.69 Å². The third kappa shape index (κ3) is 3.97. The van der Waals surface area contributed by atoms with Gasteiger partial charge in [0.05, 0.1) is 35.0 Å². The molecule has 0 radical (unpaired) electrons. The summed E-state index contributed by atoms with van der Waals surface area (Å²) < 4.78 is 5.22. The summed E-state index contributed by atoms with van der Waals surface area (Å²) in [6, 6.07) is 8.18. The van der Waals surface area contributed by atoms with E-state index in [9.17, 15) is 10.1 Å². The first-order valence-corrected chi connectivity index (χ1v) is 6.56. The number of anilines is 1. The second-order valence-corrected chi connectivity index (χ2v) is 4.62. The predicted molar refractivity (Wildman–Crippen MR) is 75.8 cm³/mol. The highest BCUT2D eigenvalue weighted by molar-refractivity contribution is 6.33. The van der Waals surface area contributed by atoms with Gasteiger partial charge >= 0.3 is 0 Å². The molecule has 0 saturated carbocycles. The summed E-state index contributed by atoms with van der Waals surface area (Å²) in [4.78, 5) is 10.1. The molecular formula is C13H15ClN3O3+. The Bertz CT molecular complexity index is 572. The van der Waals surface area contributed by atoms with Crippen LogP contribution in [-0.4, -0.2) is 18.0 Å². The molecule has 1 heterocycles. The van der Waals surface area contributed by atoms with Gasteiger partial charge in [-0.3, -0.25) is 10.1 Å². The van der Waals surface area contributed by atoms with Crippen LogP contribution in [0.15, 0.2) is 41.0 Å². The van der Waals surface area contributed by atoms with E-state index < -0.39 is 4.92 Å². The van der Waals surface area contributed by atoms with Crippen LogP contribution in [0, 0.1) is 10.1 Å². The van der Waals surface area contributed by atoms with Crippen molar-refractivity contribution in [2.24, 2.45) is 0 Å². The summed E-state index contributed by atoms with van der Waals surface area (Å²) in [6.07, 6.45) is 1.65. The Morgan fingerprint density at radius 2 is 2.25 bits per heavy atom. The van der Waals surface area contributed by atoms with Crippen LogP contribution in [-0.2, 0) is 6.54 Å². The van der Waals surface area contributed by atoms with Gasteiger partial charge in [-0.2, -0.15) is 0 Å². The maximum atomic E-state index is 10.6. The zero-order valence-electron chi connectivity index (χ0n) is 10.7. The first-order chi connectivity index (χ1) is 9.66. The van der Waals surface area contributed by atoms with Crippen LogP contribution in [0.2, 0.25) is 5.02 Å². The molecule has 6 nitrogen and oxygen atoms in total. The number of halogens is 1. The monoisotopic (exact) mass is 296 g/mol. The normalized spacial score (nSPS) is 10.4. The van der Waals surface area contributed by atoms with E-state index in [1.165, 1.54) is 12.1 Å². The van der Waals surface area contributed by atoms with Crippen LogP contribution in [0.4, 0.5) is 11.4 Å². The number of hydrogen-bond acceptors (Lipinski definition) is 4. The maximum Gasteiger partial charge on any atom is 0.271 e. The molecule has 0 atom stereocenters. The molecule has 0 aliphatic rings. The molecule has 106 valence electrons. The maximum absolute atomic E-state index is 10.6. The Labute approximate surface area is 120 Å². The van der Waals surface area contributed by atoms with Crippen molar-refractivity contribution >= 4 is 23.0 Å². The van der Waals surface area contributed by atoms with Crippen LogP contribution in [0.3, 0.4) is 0 Å². The number of nitrogens with two attached hydrogens (primary N) is 1. The minimum atomic E-state index is -0.465. The first kappa shape index (κ1) is 14.4. The highest BCUT2D eigenvalue weighted by Gasteiger charge is 2.09. The highest BCUT2D eigenvalue weighted by Crippen LogP contribution is 2.26. The van der Waals surface area contributed by atoms with E-state index in [2.05, 4.69) is 10.6 Å². The third-order valence-electron chi connectivity index (χ3n) is 2.75. The molecule has 0 saturated heterocycles. The van der Waals surface area contributed by atoms with Gasteiger partial charge in [-0.25, -0.2) is 0 Å². The Balaban J connectivity index is 1.75. The topological polar surface area (TPSA) is 84.9 Å². The van der Waals surface area contributed by atoms with Gasteiger partial charge in [0.15, 0.2) is 5.76 Å². The van der Waals surface area contributed by atoms with Crippen LogP contribution in [0.1, 0.15) is 5.76 Å². The minimum absolute atomic E-state index is 0.00932. The molecule has 0 aliphatic heterocycles. The molecular weight excluding hydrogens is 282 g/mol. The summed E-state index contributed by atoms with van der Waals surface area (Å²) in [5.41, 5.74) is 0.689. The van der Waals surface area contributed by atoms with Crippen LogP contribution in [0.5, 0.6) is 0 Å². The zero-order chi connectivity index (χ0) is 14.4. The van der Waals surface area contributed by atoms with Gasteiger partial charge in [0.2, 0.25) is 0 Å². The van der Waals surface area contributed by atoms with E-state index in [0.717, 1.165) is 18.8 Å². The number of nitrogens with one attached hydrogen (secondary N) is 1. The lowest BCUT2D eigenvalue weighted by Gasteiger charge is -2.07. The molecule has 2 aromatic rings. The minimum Gasteiger partial charge on any atom is -0.463 e. The number of nitro benzene ring substituents is 1. The van der Waals surface area contributed by atoms with Crippen molar-refractivity contribution in [3.05, 3.63) is 57.5 Å². The van der Waals surface area contributed by atoms with Crippen molar-refractivity contribution < 1.29 is 14.7 Å². The summed E-state index contributed by atoms with van der Waals surface area (Å²) in [6.45, 7) is 2.33. The number of hydrogen-bond donors (Lipinski definition) is 2. The summed E-state index contributed by atoms with van der Waals surface area (Å²) in [7, 11) is 0. The smallest absolute Gasteiger partial charge is 0.271 e. The Kier molecular flexibility index (Phi) is 4.97. The number of nitro groups is 1. The number of benzene rings is 1. The second kappa shape index (κ2) is 6.93. The summed E-state index contributed by atoms with van der Waals surface area (Å²) in [5, 5.41) is 16.2. The van der Waals surface area contributed by atoms with Crippen molar-refractivity contribution in [2.75, 3.05) is 18.4 Å². The van der Waals surface area contributed by atoms with Crippen molar-refractivity contribution in [2.45, 2.75) is 6.54 Å². The predicted octanol–water partition coefficient (Wildman–Crippen LogP) is 2.02. The summed E-state index contributed by atoms with van der Waals surface area (Å²) in [5.74, 6) is 0.929. The SMILES string of the molecule is O=[N+]([O-])c1ccc(NCC[NH2+]Cc2ccco2)c(Cl)c1. The number of quaternary nitrogens is 1.